The maximum absolute atomic E-state index is 12.6. The quantitative estimate of drug-likeness (QED) is 0.674. The molecule has 0 unspecified atom stereocenters. The van der Waals surface area contributed by atoms with E-state index in [2.05, 4.69) is 39.8 Å². The average molecular weight is 413 g/mol. The van der Waals surface area contributed by atoms with Crippen LogP contribution in [-0.4, -0.2) is 58.9 Å². The van der Waals surface area contributed by atoms with E-state index in [1.54, 1.807) is 0 Å². The fourth-order valence-corrected chi connectivity index (χ4v) is 4.97. The molecule has 2 saturated heterocycles. The maximum atomic E-state index is 12.6. The van der Waals surface area contributed by atoms with Crippen LogP contribution in [-0.2, 0) is 16.1 Å². The first-order valence-corrected chi connectivity index (χ1v) is 11.3. The van der Waals surface area contributed by atoms with Crippen LogP contribution in [0.25, 0.3) is 0 Å². The molecule has 4 amide bonds. The molecule has 1 saturated carbocycles. The number of hydrogen-bond acceptors (Lipinski definition) is 4. The summed E-state index contributed by atoms with van der Waals surface area (Å²) in [6.45, 7) is 3.22. The summed E-state index contributed by atoms with van der Waals surface area (Å²) >= 11 is 0. The molecule has 0 atom stereocenters. The van der Waals surface area contributed by atoms with E-state index in [9.17, 15) is 14.4 Å². The van der Waals surface area contributed by atoms with Crippen molar-refractivity contribution in [2.24, 2.45) is 0 Å². The smallest absolute Gasteiger partial charge is 0.325 e. The number of imide groups is 1. The summed E-state index contributed by atoms with van der Waals surface area (Å²) in [7, 11) is 0. The van der Waals surface area contributed by atoms with Crippen LogP contribution in [0.1, 0.15) is 56.9 Å². The summed E-state index contributed by atoms with van der Waals surface area (Å²) in [5, 5.41) is 6.02. The molecule has 3 aliphatic rings. The van der Waals surface area contributed by atoms with Gasteiger partial charge >= 0.3 is 6.03 Å². The minimum Gasteiger partial charge on any atom is -0.353 e. The van der Waals surface area contributed by atoms with E-state index < -0.39 is 5.54 Å². The second-order valence-electron chi connectivity index (χ2n) is 8.88. The second kappa shape index (κ2) is 9.16. The van der Waals surface area contributed by atoms with Crippen molar-refractivity contribution in [3.63, 3.8) is 0 Å². The Balaban J connectivity index is 1.15. The van der Waals surface area contributed by atoms with Crippen molar-refractivity contribution in [2.75, 3.05) is 19.6 Å². The van der Waals surface area contributed by atoms with Gasteiger partial charge in [-0.1, -0.05) is 43.2 Å². The lowest BCUT2D eigenvalue weighted by molar-refractivity contribution is -0.131. The topological polar surface area (TPSA) is 81.8 Å². The van der Waals surface area contributed by atoms with E-state index in [1.807, 2.05) is 6.07 Å². The van der Waals surface area contributed by atoms with E-state index in [4.69, 9.17) is 0 Å². The van der Waals surface area contributed by atoms with Gasteiger partial charge in [-0.05, 0) is 37.7 Å². The minimum atomic E-state index is -0.660. The molecular weight excluding hydrogens is 380 g/mol. The highest BCUT2D eigenvalue weighted by Crippen LogP contribution is 2.35. The lowest BCUT2D eigenvalue weighted by atomic mass is 9.98. The van der Waals surface area contributed by atoms with Gasteiger partial charge in [0.15, 0.2) is 0 Å². The van der Waals surface area contributed by atoms with Gasteiger partial charge in [-0.15, -0.1) is 0 Å². The van der Waals surface area contributed by atoms with Crippen LogP contribution in [0, 0.1) is 0 Å². The van der Waals surface area contributed by atoms with Crippen molar-refractivity contribution >= 4 is 17.8 Å². The molecule has 0 aromatic heterocycles. The molecule has 0 bridgehead atoms. The number of carbonyl (C=O) groups is 3. The van der Waals surface area contributed by atoms with Gasteiger partial charge in [-0.2, -0.15) is 0 Å². The zero-order valence-corrected chi connectivity index (χ0v) is 17.6. The third-order valence-electron chi connectivity index (χ3n) is 6.69. The van der Waals surface area contributed by atoms with Crippen molar-refractivity contribution in [1.82, 2.24) is 20.4 Å². The SMILES string of the molecule is O=C(CCCN1C(=O)NC2(CCCC2)C1=O)NC1CCN(Cc2ccccc2)CC1. The molecule has 2 heterocycles. The lowest BCUT2D eigenvalue weighted by Gasteiger charge is -2.32. The van der Waals surface area contributed by atoms with Gasteiger partial charge in [-0.3, -0.25) is 19.4 Å². The van der Waals surface area contributed by atoms with Crippen molar-refractivity contribution in [1.29, 1.82) is 0 Å². The predicted molar refractivity (Wildman–Crippen MR) is 114 cm³/mol. The third kappa shape index (κ3) is 4.67. The first-order chi connectivity index (χ1) is 14.6. The highest BCUT2D eigenvalue weighted by Gasteiger charge is 2.52. The summed E-state index contributed by atoms with van der Waals surface area (Å²) in [4.78, 5) is 40.9. The maximum Gasteiger partial charge on any atom is 0.325 e. The molecule has 4 rings (SSSR count). The van der Waals surface area contributed by atoms with Gasteiger partial charge in [0.05, 0.1) is 0 Å². The molecule has 2 aliphatic heterocycles. The van der Waals surface area contributed by atoms with Crippen molar-refractivity contribution in [3.8, 4) is 0 Å². The van der Waals surface area contributed by atoms with E-state index in [0.29, 0.717) is 19.4 Å². The van der Waals surface area contributed by atoms with E-state index >= 15 is 0 Å². The number of benzene rings is 1. The first kappa shape index (κ1) is 20.8. The van der Waals surface area contributed by atoms with Gasteiger partial charge < -0.3 is 10.6 Å². The second-order valence-corrected chi connectivity index (χ2v) is 8.88. The van der Waals surface area contributed by atoms with Gasteiger partial charge in [0.25, 0.3) is 5.91 Å². The van der Waals surface area contributed by atoms with Crippen molar-refractivity contribution in [2.45, 2.75) is 69.5 Å². The van der Waals surface area contributed by atoms with Crippen LogP contribution < -0.4 is 10.6 Å². The van der Waals surface area contributed by atoms with Crippen molar-refractivity contribution in [3.05, 3.63) is 35.9 Å². The number of nitrogens with zero attached hydrogens (tertiary/aromatic N) is 2. The molecule has 162 valence electrons. The third-order valence-corrected chi connectivity index (χ3v) is 6.69. The molecule has 1 aliphatic carbocycles. The van der Waals surface area contributed by atoms with Crippen LogP contribution in [0.2, 0.25) is 0 Å². The average Bonchev–Trinajstić information content (AvgIpc) is 3.30. The largest absolute Gasteiger partial charge is 0.353 e. The van der Waals surface area contributed by atoms with Gasteiger partial charge in [-0.25, -0.2) is 4.79 Å². The molecule has 30 heavy (non-hydrogen) atoms. The number of nitrogens with one attached hydrogen (secondary N) is 2. The summed E-state index contributed by atoms with van der Waals surface area (Å²) in [5.41, 5.74) is 0.660. The fraction of sp³-hybridized carbons (Fsp3) is 0.609. The Morgan fingerprint density at radius 1 is 1.10 bits per heavy atom. The van der Waals surface area contributed by atoms with Gasteiger partial charge in [0.1, 0.15) is 5.54 Å². The fourth-order valence-electron chi connectivity index (χ4n) is 4.97. The highest BCUT2D eigenvalue weighted by atomic mass is 16.2. The van der Waals surface area contributed by atoms with E-state index in [-0.39, 0.29) is 23.9 Å². The van der Waals surface area contributed by atoms with Gasteiger partial charge in [0, 0.05) is 38.6 Å². The molecule has 7 heteroatoms. The standard InChI is InChI=1S/C23H32N4O3/c28-20(9-6-14-27-21(29)23(25-22(27)30)12-4-5-13-23)24-19-10-15-26(16-11-19)17-18-7-2-1-3-8-18/h1-3,7-8,19H,4-6,9-17H2,(H,24,28)(H,25,30). The number of hydrogen-bond donors (Lipinski definition) is 2. The molecular formula is C23H32N4O3. The number of likely N-dealkylation sites (tertiary alicyclic amines) is 1. The Labute approximate surface area is 178 Å². The number of carbonyl (C=O) groups excluding carboxylic acids is 3. The highest BCUT2D eigenvalue weighted by molar-refractivity contribution is 6.07. The van der Waals surface area contributed by atoms with Crippen LogP contribution >= 0.6 is 0 Å². The number of amides is 4. The minimum absolute atomic E-state index is 0.0131. The first-order valence-electron chi connectivity index (χ1n) is 11.3. The normalized spacial score (nSPS) is 21.9. The molecule has 1 aromatic carbocycles. The summed E-state index contributed by atoms with van der Waals surface area (Å²) in [5.74, 6) is -0.0876. The molecule has 3 fully saturated rings. The Kier molecular flexibility index (Phi) is 6.37. The Morgan fingerprint density at radius 3 is 2.50 bits per heavy atom. The number of urea groups is 1. The monoisotopic (exact) mass is 412 g/mol. The Morgan fingerprint density at radius 2 is 1.80 bits per heavy atom. The summed E-state index contributed by atoms with van der Waals surface area (Å²) in [6, 6.07) is 10.4. The van der Waals surface area contributed by atoms with E-state index in [0.717, 1.165) is 58.2 Å². The molecule has 0 radical (unpaired) electrons. The summed E-state index contributed by atoms with van der Waals surface area (Å²) in [6.07, 6.45) is 6.18. The molecule has 1 spiro atoms. The molecule has 2 N–H and O–H groups in total. The Hall–Kier alpha value is -2.41. The lowest BCUT2D eigenvalue weighted by Crippen LogP contribution is -2.44. The van der Waals surface area contributed by atoms with Crippen LogP contribution in [0.4, 0.5) is 4.79 Å². The van der Waals surface area contributed by atoms with Crippen LogP contribution in [0.5, 0.6) is 0 Å². The van der Waals surface area contributed by atoms with Crippen LogP contribution in [0.15, 0.2) is 30.3 Å². The van der Waals surface area contributed by atoms with Crippen molar-refractivity contribution < 1.29 is 14.4 Å². The zero-order valence-electron chi connectivity index (χ0n) is 17.6. The Bertz CT molecular complexity index is 768. The number of piperidine rings is 1. The molecule has 1 aromatic rings. The van der Waals surface area contributed by atoms with E-state index in [1.165, 1.54) is 10.5 Å². The zero-order chi connectivity index (χ0) is 21.0. The summed E-state index contributed by atoms with van der Waals surface area (Å²) < 4.78 is 0. The predicted octanol–water partition coefficient (Wildman–Crippen LogP) is 2.41. The van der Waals surface area contributed by atoms with Gasteiger partial charge in [0.2, 0.25) is 5.91 Å². The van der Waals surface area contributed by atoms with Crippen LogP contribution in [0.3, 0.4) is 0 Å². The number of rotatable bonds is 7. The molecule has 7 nitrogen and oxygen atoms in total.